The Morgan fingerprint density at radius 1 is 0.639 bits per heavy atom. The molecule has 0 atom stereocenters. The van der Waals surface area contributed by atoms with Gasteiger partial charge in [-0.1, -0.05) is 72.8 Å². The van der Waals surface area contributed by atoms with E-state index in [2.05, 4.69) is 0 Å². The second-order valence-electron chi connectivity index (χ2n) is 8.69. The van der Waals surface area contributed by atoms with Gasteiger partial charge in [-0.25, -0.2) is 24.5 Å². The lowest BCUT2D eigenvalue weighted by Gasteiger charge is -2.22. The van der Waals surface area contributed by atoms with E-state index in [1.165, 1.54) is 0 Å². The second-order valence-corrected chi connectivity index (χ2v) is 9.88. The average Bonchev–Trinajstić information content (AvgIpc) is 3.49. The highest BCUT2D eigenvalue weighted by Crippen LogP contribution is 2.44. The first-order valence-corrected chi connectivity index (χ1v) is 12.7. The number of hydrogen-bond donors (Lipinski definition) is 2. The van der Waals surface area contributed by atoms with Crippen LogP contribution in [-0.4, -0.2) is 37.6 Å². The van der Waals surface area contributed by atoms with Crippen LogP contribution in [0.1, 0.15) is 11.1 Å². The van der Waals surface area contributed by atoms with Gasteiger partial charge in [-0.05, 0) is 0 Å². The maximum Gasteiger partial charge on any atom is 0.571 e. The largest absolute Gasteiger partial charge is 0.571 e. The molecule has 0 spiro atoms. The zero-order valence-corrected chi connectivity index (χ0v) is 19.2. The first-order chi connectivity index (χ1) is 17.5. The van der Waals surface area contributed by atoms with Crippen LogP contribution in [0.3, 0.4) is 0 Å². The average molecular weight is 492 g/mol. The zero-order chi connectivity index (χ0) is 24.2. The molecule has 0 amide bonds. The Morgan fingerprint density at radius 3 is 1.75 bits per heavy atom. The molecule has 3 aliphatic rings. The number of nitrogens with zero attached hydrogens (tertiary/aromatic N) is 6. The molecule has 2 aromatic heterocycles. The van der Waals surface area contributed by atoms with E-state index in [9.17, 15) is 14.4 Å². The third kappa shape index (κ3) is 2.60. The molecule has 2 N–H and O–H groups in total. The maximum atomic E-state index is 12.3. The number of aliphatic imine (C=N–C) groups is 2. The van der Waals surface area contributed by atoms with Crippen molar-refractivity contribution in [2.24, 2.45) is 20.0 Å². The molecule has 0 aliphatic carbocycles. The van der Waals surface area contributed by atoms with Gasteiger partial charge in [0.05, 0.1) is 0 Å². The SMILES string of the molecule is O=P(O)(O)OB1n2c3c4ccccc4c2N=c2c4ccccc4c(n21)=NC1=NC(=N3)c2ccccc21. The van der Waals surface area contributed by atoms with Gasteiger partial charge in [0.15, 0.2) is 11.7 Å². The highest BCUT2D eigenvalue weighted by Gasteiger charge is 2.42. The number of rotatable bonds is 2. The van der Waals surface area contributed by atoms with E-state index in [1.807, 2.05) is 72.8 Å². The van der Waals surface area contributed by atoms with Gasteiger partial charge in [0, 0.05) is 32.7 Å². The molecule has 12 heteroatoms. The summed E-state index contributed by atoms with van der Waals surface area (Å²) in [4.78, 5) is 39.5. The Bertz CT molecular complexity index is 2050. The van der Waals surface area contributed by atoms with Crippen molar-refractivity contribution in [3.8, 4) is 0 Å². The van der Waals surface area contributed by atoms with Crippen LogP contribution in [0.2, 0.25) is 0 Å². The highest BCUT2D eigenvalue weighted by molar-refractivity contribution is 7.47. The van der Waals surface area contributed by atoms with Gasteiger partial charge < -0.3 is 23.2 Å². The molecule has 5 heterocycles. The Morgan fingerprint density at radius 2 is 1.14 bits per heavy atom. The van der Waals surface area contributed by atoms with E-state index in [-0.39, 0.29) is 0 Å². The van der Waals surface area contributed by atoms with Crippen molar-refractivity contribution in [3.63, 3.8) is 0 Å². The van der Waals surface area contributed by atoms with Crippen LogP contribution < -0.4 is 11.0 Å². The van der Waals surface area contributed by atoms with E-state index in [0.717, 1.165) is 32.7 Å². The Labute approximate surface area is 202 Å². The zero-order valence-electron chi connectivity index (χ0n) is 18.3. The van der Waals surface area contributed by atoms with Crippen LogP contribution in [0.15, 0.2) is 92.8 Å². The summed E-state index contributed by atoms with van der Waals surface area (Å²) < 4.78 is 21.0. The molecule has 0 saturated carbocycles. The predicted molar refractivity (Wildman–Crippen MR) is 135 cm³/mol. The van der Waals surface area contributed by atoms with Crippen molar-refractivity contribution in [2.75, 3.05) is 0 Å². The lowest BCUT2D eigenvalue weighted by atomic mass is 10.00. The molecule has 3 aromatic carbocycles. The summed E-state index contributed by atoms with van der Waals surface area (Å²) in [5.41, 5.74) is 2.57. The highest BCUT2D eigenvalue weighted by atomic mass is 31.2. The van der Waals surface area contributed by atoms with Crippen molar-refractivity contribution in [1.82, 2.24) is 8.96 Å². The second kappa shape index (κ2) is 6.74. The lowest BCUT2D eigenvalue weighted by molar-refractivity contribution is 0.279. The van der Waals surface area contributed by atoms with Gasteiger partial charge in [0.1, 0.15) is 22.6 Å². The Kier molecular flexibility index (Phi) is 3.76. The number of amidine groups is 2. The van der Waals surface area contributed by atoms with Crippen LogP contribution in [0, 0.1) is 0 Å². The standard InChI is InChI=1S/C24H14BN6O4P/c32-36(33,34)35-25-30-21-15-9-3-5-11-17(15)23(30)29-24-18-12-6-4-10-16(18)22(31(24)25)28-20-14-8-2-1-7-13(14)19(26-20)27-21/h1-12H,(H2,32,33,34). The minimum Gasteiger partial charge on any atom is -0.307 e. The molecule has 8 rings (SSSR count). The number of benzene rings is 3. The van der Waals surface area contributed by atoms with Crippen molar-refractivity contribution < 1.29 is 18.8 Å². The molecule has 3 aliphatic heterocycles. The third-order valence-electron chi connectivity index (χ3n) is 6.66. The number of phosphoric acid groups is 1. The summed E-state index contributed by atoms with van der Waals surface area (Å²) in [5.74, 6) is 1.84. The minimum absolute atomic E-state index is 0.439. The summed E-state index contributed by atoms with van der Waals surface area (Å²) in [7, 11) is -6.24. The summed E-state index contributed by atoms with van der Waals surface area (Å²) >= 11 is 0. The first-order valence-electron chi connectivity index (χ1n) is 11.2. The Hall–Kier alpha value is -4.15. The molecule has 10 nitrogen and oxygen atoms in total. The summed E-state index contributed by atoms with van der Waals surface area (Å²) in [5, 5.41) is 3.08. The molecule has 4 bridgehead atoms. The molecular formula is C24H14BN6O4P. The fourth-order valence-electron chi connectivity index (χ4n) is 5.24. The molecule has 0 unspecified atom stereocenters. The summed E-state index contributed by atoms with van der Waals surface area (Å²) in [6.45, 7) is 0. The molecule has 0 radical (unpaired) electrons. The van der Waals surface area contributed by atoms with E-state index in [1.54, 1.807) is 8.96 Å². The Balaban J connectivity index is 1.66. The van der Waals surface area contributed by atoms with Crippen molar-refractivity contribution in [3.05, 3.63) is 94.9 Å². The normalized spacial score (nSPS) is 15.3. The molecule has 5 aromatic rings. The number of aromatic nitrogens is 2. The number of hydrogen-bond acceptors (Lipinski definition) is 6. The van der Waals surface area contributed by atoms with Gasteiger partial charge in [-0.15, -0.1) is 0 Å². The van der Waals surface area contributed by atoms with Crippen molar-refractivity contribution in [2.45, 2.75) is 0 Å². The van der Waals surface area contributed by atoms with Gasteiger partial charge >= 0.3 is 15.0 Å². The van der Waals surface area contributed by atoms with Crippen LogP contribution in [0.5, 0.6) is 0 Å². The quantitative estimate of drug-likeness (QED) is 0.290. The summed E-state index contributed by atoms with van der Waals surface area (Å²) in [6, 6.07) is 22.9. The third-order valence-corrected chi connectivity index (χ3v) is 7.12. The molecule has 36 heavy (non-hydrogen) atoms. The van der Waals surface area contributed by atoms with E-state index >= 15 is 0 Å². The monoisotopic (exact) mass is 492 g/mol. The first kappa shape index (κ1) is 20.1. The van der Waals surface area contributed by atoms with E-state index in [4.69, 9.17) is 24.4 Å². The van der Waals surface area contributed by atoms with Gasteiger partial charge in [0.2, 0.25) is 0 Å². The van der Waals surface area contributed by atoms with E-state index in [0.29, 0.717) is 34.3 Å². The van der Waals surface area contributed by atoms with E-state index < -0.39 is 15.0 Å². The van der Waals surface area contributed by atoms with Crippen LogP contribution in [-0.2, 0) is 9.01 Å². The van der Waals surface area contributed by atoms with Gasteiger partial charge in [-0.3, -0.25) is 0 Å². The predicted octanol–water partition coefficient (Wildman–Crippen LogP) is 2.82. The molecular weight excluding hydrogens is 478 g/mol. The fraction of sp³-hybridized carbons (Fsp3) is 0. The smallest absolute Gasteiger partial charge is 0.307 e. The minimum atomic E-state index is -4.96. The van der Waals surface area contributed by atoms with Gasteiger partial charge in [-0.2, -0.15) is 0 Å². The molecule has 172 valence electrons. The molecule has 0 saturated heterocycles. The lowest BCUT2D eigenvalue weighted by Crippen LogP contribution is -2.49. The van der Waals surface area contributed by atoms with Crippen LogP contribution in [0.25, 0.3) is 21.5 Å². The van der Waals surface area contributed by atoms with Crippen LogP contribution >= 0.6 is 7.82 Å². The molecule has 0 fully saturated rings. The fourth-order valence-corrected chi connectivity index (χ4v) is 5.67. The van der Waals surface area contributed by atoms with Gasteiger partial charge in [0.25, 0.3) is 0 Å². The topological polar surface area (TPSA) is 126 Å². The summed E-state index contributed by atoms with van der Waals surface area (Å²) in [6.07, 6.45) is 0. The van der Waals surface area contributed by atoms with Crippen molar-refractivity contribution >= 4 is 59.9 Å². The van der Waals surface area contributed by atoms with Crippen LogP contribution in [0.4, 0.5) is 11.6 Å². The maximum absolute atomic E-state index is 12.3. The number of fused-ring (bicyclic) bond motifs is 10. The van der Waals surface area contributed by atoms with Crippen molar-refractivity contribution in [1.29, 1.82) is 0 Å².